The molecule has 0 saturated carbocycles. The first-order valence-electron chi connectivity index (χ1n) is 9.16. The number of fused-ring (bicyclic) bond motifs is 2. The van der Waals surface area contributed by atoms with Gasteiger partial charge in [-0.2, -0.15) is 0 Å². The van der Waals surface area contributed by atoms with Gasteiger partial charge in [-0.05, 0) is 47.2 Å². The van der Waals surface area contributed by atoms with Crippen LogP contribution in [0.4, 0.5) is 4.39 Å². The van der Waals surface area contributed by atoms with Gasteiger partial charge >= 0.3 is 0 Å². The first-order chi connectivity index (χ1) is 12.1. The van der Waals surface area contributed by atoms with E-state index >= 15 is 0 Å². The van der Waals surface area contributed by atoms with Crippen molar-refractivity contribution in [2.75, 3.05) is 26.2 Å². The zero-order chi connectivity index (χ0) is 17.4. The highest BCUT2D eigenvalue weighted by Crippen LogP contribution is 2.44. The molecule has 0 unspecified atom stereocenters. The molecule has 1 atom stereocenters. The SMILES string of the molecule is CC(C)c1ccc2c(c1)[C@H](N1CCNCC1)Cc1ccc(F)cc1S2. The molecular weight excluding hydrogens is 331 g/mol. The molecule has 0 bridgehead atoms. The van der Waals surface area contributed by atoms with Gasteiger partial charge in [-0.25, -0.2) is 4.39 Å². The van der Waals surface area contributed by atoms with E-state index in [-0.39, 0.29) is 5.82 Å². The summed E-state index contributed by atoms with van der Waals surface area (Å²) in [4.78, 5) is 4.94. The highest BCUT2D eigenvalue weighted by atomic mass is 32.2. The highest BCUT2D eigenvalue weighted by molar-refractivity contribution is 7.99. The van der Waals surface area contributed by atoms with E-state index in [1.54, 1.807) is 23.9 Å². The summed E-state index contributed by atoms with van der Waals surface area (Å²) in [5.41, 5.74) is 4.06. The summed E-state index contributed by atoms with van der Waals surface area (Å²) in [6.07, 6.45) is 0.956. The van der Waals surface area contributed by atoms with Crippen molar-refractivity contribution in [3.8, 4) is 0 Å². The predicted molar refractivity (Wildman–Crippen MR) is 102 cm³/mol. The number of rotatable bonds is 2. The zero-order valence-corrected chi connectivity index (χ0v) is 15.7. The average Bonchev–Trinajstić information content (AvgIpc) is 2.78. The standard InChI is InChI=1S/C21H25FN2S/c1-14(2)15-4-6-20-18(11-15)19(24-9-7-23-8-10-24)12-16-3-5-17(22)13-21(16)25-20/h3-6,11,13-14,19,23H,7-10,12H2,1-2H3/t19-/m1/s1. The largest absolute Gasteiger partial charge is 0.314 e. The average molecular weight is 357 g/mol. The Balaban J connectivity index is 1.81. The smallest absolute Gasteiger partial charge is 0.124 e. The summed E-state index contributed by atoms with van der Waals surface area (Å²) in [7, 11) is 0. The van der Waals surface area contributed by atoms with E-state index < -0.39 is 0 Å². The Labute approximate surface area is 153 Å². The van der Waals surface area contributed by atoms with Crippen LogP contribution in [0.5, 0.6) is 0 Å². The minimum atomic E-state index is -0.146. The number of hydrogen-bond donors (Lipinski definition) is 1. The van der Waals surface area contributed by atoms with Crippen LogP contribution < -0.4 is 5.32 Å². The minimum absolute atomic E-state index is 0.146. The summed E-state index contributed by atoms with van der Waals surface area (Å²) in [5, 5.41) is 3.45. The van der Waals surface area contributed by atoms with Crippen molar-refractivity contribution in [3.05, 3.63) is 58.9 Å². The van der Waals surface area contributed by atoms with Crippen LogP contribution in [-0.2, 0) is 6.42 Å². The molecule has 2 aliphatic rings. The van der Waals surface area contributed by atoms with Crippen LogP contribution in [0.25, 0.3) is 0 Å². The molecule has 132 valence electrons. The quantitative estimate of drug-likeness (QED) is 0.846. The number of nitrogens with zero attached hydrogens (tertiary/aromatic N) is 1. The molecule has 1 fully saturated rings. The maximum atomic E-state index is 13.8. The topological polar surface area (TPSA) is 15.3 Å². The minimum Gasteiger partial charge on any atom is -0.314 e. The molecule has 2 aromatic rings. The Bertz CT molecular complexity index is 768. The normalized spacial score (nSPS) is 20.9. The highest BCUT2D eigenvalue weighted by Gasteiger charge is 2.29. The van der Waals surface area contributed by atoms with Crippen molar-refractivity contribution in [2.45, 2.75) is 42.0 Å². The first kappa shape index (κ1) is 17.1. The van der Waals surface area contributed by atoms with Crippen molar-refractivity contribution in [1.82, 2.24) is 10.2 Å². The molecule has 0 amide bonds. The van der Waals surface area contributed by atoms with Gasteiger partial charge in [0.15, 0.2) is 0 Å². The number of benzene rings is 2. The van der Waals surface area contributed by atoms with Gasteiger partial charge in [-0.1, -0.05) is 43.8 Å². The van der Waals surface area contributed by atoms with E-state index in [0.717, 1.165) is 37.5 Å². The lowest BCUT2D eigenvalue weighted by Gasteiger charge is -2.35. The second-order valence-electron chi connectivity index (χ2n) is 7.31. The molecule has 1 N–H and O–H groups in total. The van der Waals surface area contributed by atoms with E-state index in [4.69, 9.17) is 0 Å². The van der Waals surface area contributed by atoms with Gasteiger partial charge in [0, 0.05) is 42.0 Å². The fourth-order valence-electron chi connectivity index (χ4n) is 3.83. The molecule has 2 heterocycles. The molecular formula is C21H25FN2S. The molecule has 2 nitrogen and oxygen atoms in total. The maximum absolute atomic E-state index is 13.8. The molecule has 4 heteroatoms. The van der Waals surface area contributed by atoms with E-state index in [1.807, 2.05) is 6.07 Å². The van der Waals surface area contributed by atoms with Crippen molar-refractivity contribution in [3.63, 3.8) is 0 Å². The van der Waals surface area contributed by atoms with E-state index in [9.17, 15) is 4.39 Å². The van der Waals surface area contributed by atoms with Crippen molar-refractivity contribution in [2.24, 2.45) is 0 Å². The molecule has 0 aromatic heterocycles. The lowest BCUT2D eigenvalue weighted by molar-refractivity contribution is 0.170. The van der Waals surface area contributed by atoms with Crippen LogP contribution in [0.15, 0.2) is 46.2 Å². The molecule has 0 aliphatic carbocycles. The van der Waals surface area contributed by atoms with Gasteiger partial charge in [0.2, 0.25) is 0 Å². The summed E-state index contributed by atoms with van der Waals surface area (Å²) in [6, 6.07) is 12.5. The fourth-order valence-corrected chi connectivity index (χ4v) is 4.97. The lowest BCUT2D eigenvalue weighted by atomic mass is 9.93. The molecule has 2 aliphatic heterocycles. The van der Waals surface area contributed by atoms with Gasteiger partial charge in [-0.3, -0.25) is 4.90 Å². The molecule has 0 radical (unpaired) electrons. The van der Waals surface area contributed by atoms with Crippen molar-refractivity contribution < 1.29 is 4.39 Å². The fraction of sp³-hybridized carbons (Fsp3) is 0.429. The Morgan fingerprint density at radius 3 is 2.64 bits per heavy atom. The van der Waals surface area contributed by atoms with Gasteiger partial charge < -0.3 is 5.32 Å². The molecule has 0 spiro atoms. The molecule has 1 saturated heterocycles. The lowest BCUT2D eigenvalue weighted by Crippen LogP contribution is -2.45. The van der Waals surface area contributed by atoms with Crippen molar-refractivity contribution in [1.29, 1.82) is 0 Å². The second-order valence-corrected chi connectivity index (χ2v) is 8.40. The number of nitrogens with one attached hydrogen (secondary N) is 1. The predicted octanol–water partition coefficient (Wildman–Crippen LogP) is 4.60. The van der Waals surface area contributed by atoms with Gasteiger partial charge in [0.05, 0.1) is 0 Å². The van der Waals surface area contributed by atoms with E-state index in [2.05, 4.69) is 42.3 Å². The van der Waals surface area contributed by atoms with Gasteiger partial charge in [-0.15, -0.1) is 0 Å². The van der Waals surface area contributed by atoms with Crippen LogP contribution in [0, 0.1) is 5.82 Å². The molecule has 25 heavy (non-hydrogen) atoms. The maximum Gasteiger partial charge on any atom is 0.124 e. The van der Waals surface area contributed by atoms with E-state index in [0.29, 0.717) is 12.0 Å². The van der Waals surface area contributed by atoms with Crippen LogP contribution in [0.2, 0.25) is 0 Å². The van der Waals surface area contributed by atoms with Crippen molar-refractivity contribution >= 4 is 11.8 Å². The third-order valence-electron chi connectivity index (χ3n) is 5.31. The summed E-state index contributed by atoms with van der Waals surface area (Å²) in [6.45, 7) is 8.71. The first-order valence-corrected chi connectivity index (χ1v) is 9.98. The van der Waals surface area contributed by atoms with Gasteiger partial charge in [0.25, 0.3) is 0 Å². The summed E-state index contributed by atoms with van der Waals surface area (Å²) < 4.78 is 13.8. The third kappa shape index (κ3) is 3.48. The Kier molecular flexibility index (Phi) is 4.85. The zero-order valence-electron chi connectivity index (χ0n) is 14.9. The number of piperazine rings is 1. The molecule has 4 rings (SSSR count). The van der Waals surface area contributed by atoms with Gasteiger partial charge in [0.1, 0.15) is 5.82 Å². The van der Waals surface area contributed by atoms with Crippen LogP contribution in [-0.4, -0.2) is 31.1 Å². The summed E-state index contributed by atoms with van der Waals surface area (Å²) >= 11 is 1.72. The van der Waals surface area contributed by atoms with Crippen LogP contribution in [0.3, 0.4) is 0 Å². The van der Waals surface area contributed by atoms with Crippen LogP contribution >= 0.6 is 11.8 Å². The van der Waals surface area contributed by atoms with E-state index in [1.165, 1.54) is 21.6 Å². The number of halogens is 1. The second kappa shape index (κ2) is 7.10. The Hall–Kier alpha value is -1.36. The number of hydrogen-bond acceptors (Lipinski definition) is 3. The third-order valence-corrected chi connectivity index (χ3v) is 6.51. The van der Waals surface area contributed by atoms with Crippen LogP contribution in [0.1, 0.15) is 42.5 Å². The Morgan fingerprint density at radius 2 is 1.88 bits per heavy atom. The molecule has 2 aromatic carbocycles. The monoisotopic (exact) mass is 356 g/mol. The summed E-state index contributed by atoms with van der Waals surface area (Å²) in [5.74, 6) is 0.370. The Morgan fingerprint density at radius 1 is 1.08 bits per heavy atom.